The standard InChI is InChI=1S/C29H25F2NO5/c1-14-11-29(2,3)32-19-6-5-16-24(23(14)19)22(37-21-8-7-20(33)28(34-4)25(16)21)10-15-9-18(30)26(31)17-12-35-13-36-27(15)17/h5-11,32-33H,12-13H2,1-4H3. The average Bonchev–Trinajstić information content (AvgIpc) is 2.86. The molecule has 0 bridgehead atoms. The van der Waals surface area contributed by atoms with Gasteiger partial charge in [0, 0.05) is 27.9 Å². The number of nitrogens with one attached hydrogen (secondary N) is 1. The molecule has 3 aromatic rings. The van der Waals surface area contributed by atoms with Crippen LogP contribution in [0.1, 0.15) is 43.0 Å². The van der Waals surface area contributed by atoms with Crippen LogP contribution in [0.15, 0.2) is 36.4 Å². The van der Waals surface area contributed by atoms with Gasteiger partial charge in [0.2, 0.25) is 0 Å². The highest BCUT2D eigenvalue weighted by atomic mass is 19.2. The van der Waals surface area contributed by atoms with Crippen molar-refractivity contribution in [2.75, 3.05) is 19.2 Å². The van der Waals surface area contributed by atoms with E-state index in [2.05, 4.69) is 25.2 Å². The lowest BCUT2D eigenvalue weighted by atomic mass is 9.82. The van der Waals surface area contributed by atoms with Crippen LogP contribution in [0.25, 0.3) is 28.5 Å². The Morgan fingerprint density at radius 2 is 1.92 bits per heavy atom. The van der Waals surface area contributed by atoms with Crippen molar-refractivity contribution in [3.05, 3.63) is 70.3 Å². The molecular weight excluding hydrogens is 480 g/mol. The maximum atomic E-state index is 14.6. The minimum absolute atomic E-state index is 0.0180. The number of methoxy groups -OCH3 is 1. The smallest absolute Gasteiger partial charge is 0.189 e. The van der Waals surface area contributed by atoms with E-state index in [1.807, 2.05) is 19.1 Å². The van der Waals surface area contributed by atoms with Gasteiger partial charge in [-0.15, -0.1) is 0 Å². The van der Waals surface area contributed by atoms with Gasteiger partial charge in [0.25, 0.3) is 0 Å². The number of phenols is 1. The molecule has 6 rings (SSSR count). The van der Waals surface area contributed by atoms with Crippen molar-refractivity contribution in [3.8, 4) is 34.1 Å². The number of aromatic hydroxyl groups is 1. The molecule has 0 aromatic heterocycles. The summed E-state index contributed by atoms with van der Waals surface area (Å²) in [7, 11) is 1.49. The molecule has 0 amide bonds. The van der Waals surface area contributed by atoms with E-state index in [4.69, 9.17) is 18.9 Å². The molecule has 0 aliphatic carbocycles. The molecule has 3 heterocycles. The molecule has 3 aromatic carbocycles. The number of benzene rings is 3. The molecular formula is C29H25F2NO5. The zero-order valence-corrected chi connectivity index (χ0v) is 20.8. The van der Waals surface area contributed by atoms with Crippen LogP contribution < -0.4 is 19.5 Å². The average molecular weight is 506 g/mol. The van der Waals surface area contributed by atoms with Crippen molar-refractivity contribution in [2.45, 2.75) is 32.9 Å². The number of hydrogen-bond donors (Lipinski definition) is 2. The molecule has 0 saturated heterocycles. The largest absolute Gasteiger partial charge is 0.504 e. The normalized spacial score (nSPS) is 17.8. The molecule has 0 unspecified atom stereocenters. The molecule has 2 N–H and O–H groups in total. The molecule has 0 atom stereocenters. The summed E-state index contributed by atoms with van der Waals surface area (Å²) in [4.78, 5) is 0. The second kappa shape index (κ2) is 8.24. The molecule has 3 aliphatic heterocycles. The van der Waals surface area contributed by atoms with Crippen LogP contribution in [0.2, 0.25) is 0 Å². The van der Waals surface area contributed by atoms with Crippen LogP contribution in [0.4, 0.5) is 14.5 Å². The van der Waals surface area contributed by atoms with Crippen molar-refractivity contribution in [1.29, 1.82) is 0 Å². The van der Waals surface area contributed by atoms with Gasteiger partial charge in [0.05, 0.1) is 30.4 Å². The van der Waals surface area contributed by atoms with Gasteiger partial charge < -0.3 is 29.4 Å². The van der Waals surface area contributed by atoms with Crippen molar-refractivity contribution in [1.82, 2.24) is 0 Å². The molecule has 0 saturated carbocycles. The third kappa shape index (κ3) is 3.62. The number of phenolic OH excluding ortho intramolecular Hbond substituents is 1. The first-order valence-electron chi connectivity index (χ1n) is 11.8. The first-order valence-corrected chi connectivity index (χ1v) is 11.8. The Morgan fingerprint density at radius 3 is 2.70 bits per heavy atom. The van der Waals surface area contributed by atoms with Gasteiger partial charge in [-0.25, -0.2) is 8.78 Å². The number of hydrogen-bond acceptors (Lipinski definition) is 6. The topological polar surface area (TPSA) is 69.2 Å². The number of rotatable bonds is 2. The Labute approximate surface area is 212 Å². The highest BCUT2D eigenvalue weighted by Gasteiger charge is 2.34. The fourth-order valence-corrected chi connectivity index (χ4v) is 5.42. The second-order valence-electron chi connectivity index (χ2n) is 9.87. The van der Waals surface area contributed by atoms with Gasteiger partial charge in [-0.2, -0.15) is 0 Å². The number of ether oxygens (including phenoxy) is 4. The molecule has 8 heteroatoms. The van der Waals surface area contributed by atoms with E-state index in [1.54, 1.807) is 12.1 Å². The Morgan fingerprint density at radius 1 is 1.11 bits per heavy atom. The Bertz CT molecular complexity index is 1540. The minimum atomic E-state index is -1.00. The molecule has 6 nitrogen and oxygen atoms in total. The van der Waals surface area contributed by atoms with Gasteiger partial charge in [-0.05, 0) is 56.7 Å². The molecule has 3 aliphatic rings. The van der Waals surface area contributed by atoms with Gasteiger partial charge in [0.1, 0.15) is 17.3 Å². The van der Waals surface area contributed by atoms with Crippen molar-refractivity contribution in [2.24, 2.45) is 0 Å². The third-order valence-corrected chi connectivity index (χ3v) is 6.79. The van der Waals surface area contributed by atoms with E-state index >= 15 is 0 Å². The predicted octanol–water partition coefficient (Wildman–Crippen LogP) is 6.71. The summed E-state index contributed by atoms with van der Waals surface area (Å²) in [6.07, 6.45) is 3.78. The zero-order valence-electron chi connectivity index (χ0n) is 20.8. The maximum absolute atomic E-state index is 14.6. The van der Waals surface area contributed by atoms with Crippen molar-refractivity contribution >= 4 is 23.1 Å². The Balaban J connectivity index is 1.66. The van der Waals surface area contributed by atoms with Crippen LogP contribution >= 0.6 is 0 Å². The van der Waals surface area contributed by atoms with E-state index in [9.17, 15) is 13.9 Å². The van der Waals surface area contributed by atoms with Gasteiger partial charge in [0.15, 0.2) is 29.9 Å². The van der Waals surface area contributed by atoms with Crippen LogP contribution in [-0.2, 0) is 11.3 Å². The van der Waals surface area contributed by atoms with Gasteiger partial charge >= 0.3 is 0 Å². The Kier molecular flexibility index (Phi) is 5.21. The van der Waals surface area contributed by atoms with E-state index in [0.717, 1.165) is 34.0 Å². The summed E-state index contributed by atoms with van der Waals surface area (Å²) in [5, 5.41) is 14.1. The highest BCUT2D eigenvalue weighted by Crippen LogP contribution is 2.54. The van der Waals surface area contributed by atoms with Gasteiger partial charge in [-0.1, -0.05) is 12.1 Å². The summed E-state index contributed by atoms with van der Waals surface area (Å²) >= 11 is 0. The summed E-state index contributed by atoms with van der Waals surface area (Å²) < 4.78 is 51.9. The van der Waals surface area contributed by atoms with E-state index < -0.39 is 11.6 Å². The number of fused-ring (bicyclic) bond motifs is 6. The van der Waals surface area contributed by atoms with Crippen LogP contribution in [0.5, 0.6) is 23.0 Å². The quantitative estimate of drug-likeness (QED) is 0.404. The monoisotopic (exact) mass is 505 g/mol. The minimum Gasteiger partial charge on any atom is -0.504 e. The number of halogens is 2. The summed E-state index contributed by atoms with van der Waals surface area (Å²) in [6.45, 7) is 6.02. The fourth-order valence-electron chi connectivity index (χ4n) is 5.42. The third-order valence-electron chi connectivity index (χ3n) is 6.79. The summed E-state index contributed by atoms with van der Waals surface area (Å²) in [5.41, 5.74) is 5.01. The van der Waals surface area contributed by atoms with E-state index in [1.165, 1.54) is 13.2 Å². The zero-order chi connectivity index (χ0) is 26.1. The molecule has 37 heavy (non-hydrogen) atoms. The van der Waals surface area contributed by atoms with E-state index in [0.29, 0.717) is 22.6 Å². The van der Waals surface area contributed by atoms with E-state index in [-0.39, 0.29) is 41.8 Å². The first-order chi connectivity index (χ1) is 17.7. The van der Waals surface area contributed by atoms with Crippen molar-refractivity contribution in [3.63, 3.8) is 0 Å². The summed E-state index contributed by atoms with van der Waals surface area (Å²) in [6, 6.07) is 8.18. The lowest BCUT2D eigenvalue weighted by molar-refractivity contribution is -0.0188. The van der Waals surface area contributed by atoms with Crippen LogP contribution in [0.3, 0.4) is 0 Å². The highest BCUT2D eigenvalue weighted by molar-refractivity contribution is 6.02. The van der Waals surface area contributed by atoms with Crippen LogP contribution in [0, 0.1) is 11.6 Å². The SMILES string of the molecule is COc1c(O)ccc2c1-c1ccc3c(c1C(=Cc1cc(F)c(F)c4c1OCOC4)O2)C(C)=CC(C)(C)N3. The number of anilines is 1. The molecule has 190 valence electrons. The summed E-state index contributed by atoms with van der Waals surface area (Å²) in [5.74, 6) is -0.630. The van der Waals surface area contributed by atoms with Crippen LogP contribution in [-0.4, -0.2) is 24.5 Å². The predicted molar refractivity (Wildman–Crippen MR) is 137 cm³/mol. The second-order valence-corrected chi connectivity index (χ2v) is 9.87. The van der Waals surface area contributed by atoms with Crippen molar-refractivity contribution < 1.29 is 32.8 Å². The molecule has 0 spiro atoms. The molecule has 0 radical (unpaired) electrons. The number of allylic oxidation sites excluding steroid dienone is 1. The lowest BCUT2D eigenvalue weighted by Crippen LogP contribution is -2.32. The fraction of sp³-hybridized carbons (Fsp3) is 0.241. The first kappa shape index (κ1) is 23.4. The van der Waals surface area contributed by atoms with Gasteiger partial charge in [-0.3, -0.25) is 0 Å². The Hall–Kier alpha value is -4.04. The molecule has 0 fully saturated rings. The lowest BCUT2D eigenvalue weighted by Gasteiger charge is -2.35. The maximum Gasteiger partial charge on any atom is 0.189 e.